The Morgan fingerprint density at radius 1 is 1.25 bits per heavy atom. The highest BCUT2D eigenvalue weighted by Crippen LogP contribution is 2.18. The van der Waals surface area contributed by atoms with Crippen LogP contribution in [0.25, 0.3) is 0 Å². The zero-order valence-electron chi connectivity index (χ0n) is 11.2. The fourth-order valence-corrected chi connectivity index (χ4v) is 1.82. The quantitative estimate of drug-likeness (QED) is 0.786. The number of allylic oxidation sites excluding steroid dienone is 1. The molecular formula is C14H26N2. The Morgan fingerprint density at radius 3 is 2.25 bits per heavy atom. The van der Waals surface area contributed by atoms with Gasteiger partial charge in [0.05, 0.1) is 0 Å². The van der Waals surface area contributed by atoms with Crippen LogP contribution in [0.4, 0.5) is 0 Å². The second-order valence-corrected chi connectivity index (χ2v) is 4.00. The van der Waals surface area contributed by atoms with Gasteiger partial charge in [-0.15, -0.1) is 0 Å². The normalized spacial score (nSPS) is 20.2. The summed E-state index contributed by atoms with van der Waals surface area (Å²) in [6, 6.07) is 0.543. The molecule has 0 aromatic carbocycles. The van der Waals surface area contributed by atoms with Gasteiger partial charge in [0.15, 0.2) is 0 Å². The summed E-state index contributed by atoms with van der Waals surface area (Å²) >= 11 is 0. The van der Waals surface area contributed by atoms with Crippen molar-refractivity contribution in [1.29, 1.82) is 0 Å². The molecule has 2 heteroatoms. The minimum absolute atomic E-state index is 0.543. The average molecular weight is 222 g/mol. The monoisotopic (exact) mass is 222 g/mol. The second kappa shape index (κ2) is 8.31. The lowest BCUT2D eigenvalue weighted by atomic mass is 9.95. The number of rotatable bonds is 4. The summed E-state index contributed by atoms with van der Waals surface area (Å²) in [4.78, 5) is 2.21. The molecule has 0 fully saturated rings. The molecule has 1 aliphatic heterocycles. The average Bonchev–Trinajstić information content (AvgIpc) is 2.30. The summed E-state index contributed by atoms with van der Waals surface area (Å²) < 4.78 is 0. The molecule has 0 spiro atoms. The lowest BCUT2D eigenvalue weighted by molar-refractivity contribution is 0.335. The fourth-order valence-electron chi connectivity index (χ4n) is 1.82. The van der Waals surface area contributed by atoms with Crippen LogP contribution < -0.4 is 5.32 Å². The van der Waals surface area contributed by atoms with Gasteiger partial charge in [0.25, 0.3) is 0 Å². The van der Waals surface area contributed by atoms with Gasteiger partial charge < -0.3 is 10.2 Å². The molecule has 2 nitrogen and oxygen atoms in total. The summed E-state index contributed by atoms with van der Waals surface area (Å²) in [5.41, 5.74) is 2.63. The Labute approximate surface area is 101 Å². The Bertz CT molecular complexity index is 251. The van der Waals surface area contributed by atoms with Crippen LogP contribution in [0.2, 0.25) is 0 Å². The van der Waals surface area contributed by atoms with Gasteiger partial charge in [0.2, 0.25) is 0 Å². The fraction of sp³-hybridized carbons (Fsp3) is 0.571. The maximum atomic E-state index is 3.85. The van der Waals surface area contributed by atoms with Gasteiger partial charge in [0, 0.05) is 19.1 Å². The van der Waals surface area contributed by atoms with E-state index in [0.29, 0.717) is 6.04 Å². The predicted octanol–water partition coefficient (Wildman–Crippen LogP) is 2.60. The molecule has 16 heavy (non-hydrogen) atoms. The van der Waals surface area contributed by atoms with Gasteiger partial charge in [-0.1, -0.05) is 39.2 Å². The largest absolute Gasteiger partial charge is 0.308 e. The van der Waals surface area contributed by atoms with Crippen molar-refractivity contribution in [2.45, 2.75) is 26.3 Å². The van der Waals surface area contributed by atoms with Crippen molar-refractivity contribution in [3.63, 3.8) is 0 Å². The van der Waals surface area contributed by atoms with Crippen LogP contribution in [0.3, 0.4) is 0 Å². The highest BCUT2D eigenvalue weighted by Gasteiger charge is 2.17. The molecule has 1 aliphatic rings. The Kier molecular flexibility index (Phi) is 7.86. The molecule has 1 heterocycles. The van der Waals surface area contributed by atoms with Gasteiger partial charge in [-0.3, -0.25) is 0 Å². The number of likely N-dealkylation sites (N-methyl/N-ethyl adjacent to an activating group) is 1. The second-order valence-electron chi connectivity index (χ2n) is 4.00. The predicted molar refractivity (Wildman–Crippen MR) is 73.7 cm³/mol. The van der Waals surface area contributed by atoms with Crippen molar-refractivity contribution in [3.05, 3.63) is 36.5 Å². The standard InChI is InChI=1S/C12H20N2.C2H6/c1-5-10-7-12(9-14(3)4)13-8-11(10)6-2;1-2/h5-6,12-13H,1-2,7-9H2,3-4H3;1-2H3. The summed E-state index contributed by atoms with van der Waals surface area (Å²) in [5, 5.41) is 3.50. The summed E-state index contributed by atoms with van der Waals surface area (Å²) in [7, 11) is 4.20. The van der Waals surface area contributed by atoms with E-state index in [1.807, 2.05) is 26.0 Å². The molecule has 0 aliphatic carbocycles. The summed E-state index contributed by atoms with van der Waals surface area (Å²) in [6.07, 6.45) is 4.94. The van der Waals surface area contributed by atoms with Crippen molar-refractivity contribution in [2.24, 2.45) is 0 Å². The van der Waals surface area contributed by atoms with Crippen LogP contribution in [0.1, 0.15) is 20.3 Å². The van der Waals surface area contributed by atoms with E-state index in [1.54, 1.807) is 0 Å². The lowest BCUT2D eigenvalue weighted by Gasteiger charge is -2.28. The minimum atomic E-state index is 0.543. The van der Waals surface area contributed by atoms with E-state index in [9.17, 15) is 0 Å². The van der Waals surface area contributed by atoms with Crippen LogP contribution in [0, 0.1) is 0 Å². The van der Waals surface area contributed by atoms with E-state index >= 15 is 0 Å². The zero-order chi connectivity index (χ0) is 12.6. The smallest absolute Gasteiger partial charge is 0.0238 e. The van der Waals surface area contributed by atoms with E-state index in [-0.39, 0.29) is 0 Å². The van der Waals surface area contributed by atoms with Crippen LogP contribution >= 0.6 is 0 Å². The number of nitrogens with one attached hydrogen (secondary N) is 1. The Morgan fingerprint density at radius 2 is 1.81 bits per heavy atom. The number of hydrogen-bond acceptors (Lipinski definition) is 2. The molecule has 0 saturated heterocycles. The maximum absolute atomic E-state index is 3.85. The van der Waals surface area contributed by atoms with E-state index in [0.717, 1.165) is 19.5 Å². The molecule has 0 saturated carbocycles. The third-order valence-corrected chi connectivity index (χ3v) is 2.54. The van der Waals surface area contributed by atoms with Gasteiger partial charge >= 0.3 is 0 Å². The van der Waals surface area contributed by atoms with Gasteiger partial charge in [0.1, 0.15) is 0 Å². The molecule has 0 aromatic rings. The van der Waals surface area contributed by atoms with E-state index < -0.39 is 0 Å². The van der Waals surface area contributed by atoms with Crippen molar-refractivity contribution >= 4 is 0 Å². The SMILES string of the molecule is C=CC1=C(C=C)CC(CN(C)C)NC1.CC. The molecule has 1 rings (SSSR count). The Balaban J connectivity index is 0.00000106. The van der Waals surface area contributed by atoms with Gasteiger partial charge in [-0.25, -0.2) is 0 Å². The molecule has 1 atom stereocenters. The molecule has 0 aromatic heterocycles. The Hall–Kier alpha value is -0.860. The third kappa shape index (κ3) is 4.77. The molecule has 1 unspecified atom stereocenters. The van der Waals surface area contributed by atoms with Gasteiger partial charge in [-0.2, -0.15) is 0 Å². The summed E-state index contributed by atoms with van der Waals surface area (Å²) in [5.74, 6) is 0. The van der Waals surface area contributed by atoms with E-state index in [1.165, 1.54) is 11.1 Å². The van der Waals surface area contributed by atoms with Crippen LogP contribution in [-0.4, -0.2) is 38.1 Å². The van der Waals surface area contributed by atoms with Crippen molar-refractivity contribution in [2.75, 3.05) is 27.2 Å². The zero-order valence-corrected chi connectivity index (χ0v) is 11.2. The minimum Gasteiger partial charge on any atom is -0.308 e. The first kappa shape index (κ1) is 15.1. The number of hydrogen-bond donors (Lipinski definition) is 1. The van der Waals surface area contributed by atoms with Crippen LogP contribution in [0.5, 0.6) is 0 Å². The van der Waals surface area contributed by atoms with Crippen molar-refractivity contribution < 1.29 is 0 Å². The molecule has 0 amide bonds. The first-order valence-electron chi connectivity index (χ1n) is 6.02. The maximum Gasteiger partial charge on any atom is 0.0238 e. The van der Waals surface area contributed by atoms with Crippen LogP contribution in [0.15, 0.2) is 36.5 Å². The molecule has 0 radical (unpaired) electrons. The third-order valence-electron chi connectivity index (χ3n) is 2.54. The highest BCUT2D eigenvalue weighted by atomic mass is 15.1. The van der Waals surface area contributed by atoms with Gasteiger partial charge in [-0.05, 0) is 31.7 Å². The lowest BCUT2D eigenvalue weighted by Crippen LogP contribution is -2.42. The first-order valence-corrected chi connectivity index (χ1v) is 6.02. The first-order chi connectivity index (χ1) is 7.67. The molecule has 0 bridgehead atoms. The van der Waals surface area contributed by atoms with Crippen LogP contribution in [-0.2, 0) is 0 Å². The van der Waals surface area contributed by atoms with Crippen molar-refractivity contribution in [3.8, 4) is 0 Å². The van der Waals surface area contributed by atoms with E-state index in [4.69, 9.17) is 0 Å². The topological polar surface area (TPSA) is 15.3 Å². The van der Waals surface area contributed by atoms with E-state index in [2.05, 4.69) is 37.5 Å². The summed E-state index contributed by atoms with van der Waals surface area (Å²) in [6.45, 7) is 13.7. The molecule has 1 N–H and O–H groups in total. The number of nitrogens with zero attached hydrogens (tertiary/aromatic N) is 1. The highest BCUT2D eigenvalue weighted by molar-refractivity contribution is 5.35. The molecule has 92 valence electrons. The molecular weight excluding hydrogens is 196 g/mol. The van der Waals surface area contributed by atoms with Crippen molar-refractivity contribution in [1.82, 2.24) is 10.2 Å².